The Kier molecular flexibility index (Phi) is 3.25. The molecule has 0 amide bonds. The minimum absolute atomic E-state index is 0.578. The van der Waals surface area contributed by atoms with Crippen molar-refractivity contribution in [2.45, 2.75) is 20.0 Å². The summed E-state index contributed by atoms with van der Waals surface area (Å²) in [6.45, 7) is 3.83. The van der Waals surface area contributed by atoms with Crippen LogP contribution in [-0.2, 0) is 9.53 Å². The molecule has 1 rings (SSSR count). The van der Waals surface area contributed by atoms with E-state index in [0.717, 1.165) is 11.1 Å². The predicted octanol–water partition coefficient (Wildman–Crippen LogP) is 1.51. The monoisotopic (exact) mass is 194 g/mol. The topological polar surface area (TPSA) is 46.5 Å². The van der Waals surface area contributed by atoms with Gasteiger partial charge in [0.15, 0.2) is 6.10 Å². The lowest BCUT2D eigenvalue weighted by Gasteiger charge is -2.10. The molecule has 0 spiro atoms. The Balaban J connectivity index is 3.00. The number of aliphatic hydroxyl groups excluding tert-OH is 1. The van der Waals surface area contributed by atoms with E-state index < -0.39 is 12.1 Å². The van der Waals surface area contributed by atoms with E-state index in [2.05, 4.69) is 4.74 Å². The van der Waals surface area contributed by atoms with Crippen LogP contribution in [0.1, 0.15) is 22.8 Å². The summed E-state index contributed by atoms with van der Waals surface area (Å²) in [6.07, 6.45) is -1.18. The van der Waals surface area contributed by atoms with Crippen LogP contribution >= 0.6 is 0 Å². The lowest BCUT2D eigenvalue weighted by atomic mass is 10.0. The molecule has 0 fully saturated rings. The van der Waals surface area contributed by atoms with Gasteiger partial charge < -0.3 is 9.84 Å². The number of hydrogen-bond donors (Lipinski definition) is 1. The molecular weight excluding hydrogens is 180 g/mol. The fourth-order valence-corrected chi connectivity index (χ4v) is 1.42. The van der Waals surface area contributed by atoms with E-state index in [4.69, 9.17) is 0 Å². The van der Waals surface area contributed by atoms with Gasteiger partial charge in [0.05, 0.1) is 7.11 Å². The molecule has 0 saturated heterocycles. The first-order valence-corrected chi connectivity index (χ1v) is 4.38. The molecule has 0 radical (unpaired) electrons. The second-order valence-corrected chi connectivity index (χ2v) is 3.35. The summed E-state index contributed by atoms with van der Waals surface area (Å²) in [4.78, 5) is 11.1. The number of esters is 1. The summed E-state index contributed by atoms with van der Waals surface area (Å²) in [5.41, 5.74) is 2.61. The zero-order valence-corrected chi connectivity index (χ0v) is 8.57. The average Bonchev–Trinajstić information content (AvgIpc) is 2.14. The van der Waals surface area contributed by atoms with Gasteiger partial charge in [-0.25, -0.2) is 4.79 Å². The van der Waals surface area contributed by atoms with Crippen molar-refractivity contribution in [1.82, 2.24) is 0 Å². The van der Waals surface area contributed by atoms with Crippen molar-refractivity contribution in [1.29, 1.82) is 0 Å². The van der Waals surface area contributed by atoms with Gasteiger partial charge in [0, 0.05) is 0 Å². The maximum Gasteiger partial charge on any atom is 0.339 e. The minimum Gasteiger partial charge on any atom is -0.467 e. The van der Waals surface area contributed by atoms with Crippen LogP contribution in [0.25, 0.3) is 0 Å². The number of benzene rings is 1. The van der Waals surface area contributed by atoms with E-state index in [1.807, 2.05) is 19.9 Å². The highest BCUT2D eigenvalue weighted by molar-refractivity contribution is 5.76. The Bertz CT molecular complexity index is 324. The number of carbonyl (C=O) groups excluding carboxylic acids is 1. The van der Waals surface area contributed by atoms with Gasteiger partial charge in [-0.05, 0) is 19.4 Å². The Morgan fingerprint density at radius 1 is 1.29 bits per heavy atom. The Labute approximate surface area is 83.3 Å². The van der Waals surface area contributed by atoms with E-state index in [1.165, 1.54) is 7.11 Å². The normalized spacial score (nSPS) is 12.3. The highest BCUT2D eigenvalue weighted by Gasteiger charge is 2.17. The molecule has 0 aliphatic rings. The highest BCUT2D eigenvalue weighted by atomic mass is 16.5. The van der Waals surface area contributed by atoms with Gasteiger partial charge in [-0.1, -0.05) is 29.3 Å². The zero-order chi connectivity index (χ0) is 10.7. The third-order valence-electron chi connectivity index (χ3n) is 1.98. The van der Waals surface area contributed by atoms with Crippen molar-refractivity contribution >= 4 is 5.97 Å². The van der Waals surface area contributed by atoms with Gasteiger partial charge in [-0.3, -0.25) is 0 Å². The van der Waals surface area contributed by atoms with Gasteiger partial charge in [0.2, 0.25) is 0 Å². The zero-order valence-electron chi connectivity index (χ0n) is 8.57. The van der Waals surface area contributed by atoms with E-state index in [1.54, 1.807) is 12.1 Å². The summed E-state index contributed by atoms with van der Waals surface area (Å²) in [5, 5.41) is 9.56. The molecule has 1 atom stereocenters. The van der Waals surface area contributed by atoms with Crippen molar-refractivity contribution in [3.05, 3.63) is 34.9 Å². The molecule has 3 nitrogen and oxygen atoms in total. The van der Waals surface area contributed by atoms with Crippen molar-refractivity contribution in [3.8, 4) is 0 Å². The molecule has 1 unspecified atom stereocenters. The van der Waals surface area contributed by atoms with Crippen LogP contribution in [-0.4, -0.2) is 18.2 Å². The number of ether oxygens (including phenoxy) is 1. The van der Waals surface area contributed by atoms with Crippen LogP contribution in [0.4, 0.5) is 0 Å². The third kappa shape index (κ3) is 2.33. The number of rotatable bonds is 2. The first-order chi connectivity index (χ1) is 6.54. The number of aliphatic hydroxyl groups is 1. The Morgan fingerprint density at radius 3 is 2.21 bits per heavy atom. The van der Waals surface area contributed by atoms with Crippen molar-refractivity contribution in [3.63, 3.8) is 0 Å². The largest absolute Gasteiger partial charge is 0.467 e. The standard InChI is InChI=1S/C11H14O3/c1-7-4-8(2)6-9(5-7)10(12)11(13)14-3/h4-6,10,12H,1-3H3. The summed E-state index contributed by atoms with van der Waals surface area (Å²) in [6, 6.07) is 5.52. The van der Waals surface area contributed by atoms with E-state index in [0.29, 0.717) is 5.56 Å². The molecule has 76 valence electrons. The van der Waals surface area contributed by atoms with Crippen LogP contribution in [0.3, 0.4) is 0 Å². The minimum atomic E-state index is -1.18. The van der Waals surface area contributed by atoms with E-state index in [9.17, 15) is 9.90 Å². The molecule has 0 bridgehead atoms. The quantitative estimate of drug-likeness (QED) is 0.726. The molecule has 1 aromatic rings. The molecule has 0 aromatic heterocycles. The van der Waals surface area contributed by atoms with Crippen LogP contribution in [0.2, 0.25) is 0 Å². The maximum atomic E-state index is 11.1. The number of hydrogen-bond acceptors (Lipinski definition) is 3. The molecule has 14 heavy (non-hydrogen) atoms. The van der Waals surface area contributed by atoms with Crippen molar-refractivity contribution < 1.29 is 14.6 Å². The second kappa shape index (κ2) is 4.24. The van der Waals surface area contributed by atoms with Gasteiger partial charge >= 0.3 is 5.97 Å². The molecular formula is C11H14O3. The second-order valence-electron chi connectivity index (χ2n) is 3.35. The van der Waals surface area contributed by atoms with Crippen molar-refractivity contribution in [2.75, 3.05) is 7.11 Å². The lowest BCUT2D eigenvalue weighted by molar-refractivity contribution is -0.150. The lowest BCUT2D eigenvalue weighted by Crippen LogP contribution is -2.13. The van der Waals surface area contributed by atoms with Gasteiger partial charge in [-0.15, -0.1) is 0 Å². The summed E-state index contributed by atoms with van der Waals surface area (Å²) in [7, 11) is 1.26. The molecule has 1 aromatic carbocycles. The summed E-state index contributed by atoms with van der Waals surface area (Å²) >= 11 is 0. The third-order valence-corrected chi connectivity index (χ3v) is 1.98. The van der Waals surface area contributed by atoms with Crippen molar-refractivity contribution in [2.24, 2.45) is 0 Å². The number of aryl methyl sites for hydroxylation is 2. The molecule has 0 aliphatic heterocycles. The first kappa shape index (κ1) is 10.7. The average molecular weight is 194 g/mol. The van der Waals surface area contributed by atoms with Crippen LogP contribution in [0.5, 0.6) is 0 Å². The summed E-state index contributed by atoms with van der Waals surface area (Å²) < 4.78 is 4.46. The smallest absolute Gasteiger partial charge is 0.339 e. The van der Waals surface area contributed by atoms with Gasteiger partial charge in [0.25, 0.3) is 0 Å². The maximum absolute atomic E-state index is 11.1. The first-order valence-electron chi connectivity index (χ1n) is 4.38. The fraction of sp³-hybridized carbons (Fsp3) is 0.364. The Hall–Kier alpha value is -1.35. The highest BCUT2D eigenvalue weighted by Crippen LogP contribution is 2.17. The molecule has 0 saturated carbocycles. The fourth-order valence-electron chi connectivity index (χ4n) is 1.42. The van der Waals surface area contributed by atoms with Crippen LogP contribution in [0.15, 0.2) is 18.2 Å². The van der Waals surface area contributed by atoms with Gasteiger partial charge in [-0.2, -0.15) is 0 Å². The molecule has 0 aliphatic carbocycles. The van der Waals surface area contributed by atoms with E-state index >= 15 is 0 Å². The molecule has 1 N–H and O–H groups in total. The summed E-state index contributed by atoms with van der Waals surface area (Å²) in [5.74, 6) is -0.630. The van der Waals surface area contributed by atoms with Crippen LogP contribution < -0.4 is 0 Å². The Morgan fingerprint density at radius 2 is 1.79 bits per heavy atom. The predicted molar refractivity (Wildman–Crippen MR) is 52.9 cm³/mol. The molecule has 0 heterocycles. The van der Waals surface area contributed by atoms with Crippen LogP contribution in [0, 0.1) is 13.8 Å². The number of methoxy groups -OCH3 is 1. The number of carbonyl (C=O) groups is 1. The van der Waals surface area contributed by atoms with E-state index in [-0.39, 0.29) is 0 Å². The van der Waals surface area contributed by atoms with Gasteiger partial charge in [0.1, 0.15) is 0 Å². The SMILES string of the molecule is COC(=O)C(O)c1cc(C)cc(C)c1. The molecule has 3 heteroatoms.